The van der Waals surface area contributed by atoms with Crippen molar-refractivity contribution in [2.45, 2.75) is 26.5 Å². The van der Waals surface area contributed by atoms with Crippen molar-refractivity contribution in [3.05, 3.63) is 65.6 Å². The molecule has 1 atom stereocenters. The van der Waals surface area contributed by atoms with Gasteiger partial charge in [-0.25, -0.2) is 4.98 Å². The topological polar surface area (TPSA) is 58.9 Å². The third-order valence-electron chi connectivity index (χ3n) is 4.88. The van der Waals surface area contributed by atoms with Gasteiger partial charge in [0.15, 0.2) is 0 Å². The number of benzene rings is 1. The minimum absolute atomic E-state index is 0. The minimum atomic E-state index is 0. The highest BCUT2D eigenvalue weighted by Gasteiger charge is 2.24. The number of hydrogen-bond donors (Lipinski definition) is 1. The maximum absolute atomic E-state index is 12.8. The van der Waals surface area contributed by atoms with Crippen LogP contribution in [0.25, 0.3) is 5.65 Å². The Hall–Kier alpha value is -2.28. The van der Waals surface area contributed by atoms with E-state index in [9.17, 15) is 4.79 Å². The first-order valence-electron chi connectivity index (χ1n) is 9.29. The molecule has 1 N–H and O–H groups in total. The molecule has 0 saturated carbocycles. The van der Waals surface area contributed by atoms with Gasteiger partial charge >= 0.3 is 0 Å². The Morgan fingerprint density at radius 2 is 2.07 bits per heavy atom. The van der Waals surface area contributed by atoms with Crippen molar-refractivity contribution in [3.63, 3.8) is 0 Å². The molecule has 3 heterocycles. The van der Waals surface area contributed by atoms with E-state index in [-0.39, 0.29) is 36.8 Å². The standard InChI is InChI=1S/C21H24N4O2.2ClH/c1-15-6-7-20-23-18(13-24(20)12-15)14-27-19-5-3-4-17(10-19)21(26)25-9-8-22-11-16(25)2;;/h3-7,10,12-13,16,22H,8-9,11,14H2,1-2H3;2*1H/t16-;;/m1../s1. The summed E-state index contributed by atoms with van der Waals surface area (Å²) in [4.78, 5) is 19.3. The second kappa shape index (κ2) is 9.96. The number of piperazine rings is 1. The number of halogens is 2. The monoisotopic (exact) mass is 436 g/mol. The number of ether oxygens (including phenoxy) is 1. The summed E-state index contributed by atoms with van der Waals surface area (Å²) >= 11 is 0. The number of aromatic nitrogens is 2. The number of nitrogens with zero attached hydrogens (tertiary/aromatic N) is 3. The minimum Gasteiger partial charge on any atom is -0.487 e. The van der Waals surface area contributed by atoms with E-state index in [2.05, 4.69) is 24.1 Å². The summed E-state index contributed by atoms with van der Waals surface area (Å²) in [7, 11) is 0. The number of fused-ring (bicyclic) bond motifs is 1. The quantitative estimate of drug-likeness (QED) is 0.679. The summed E-state index contributed by atoms with van der Waals surface area (Å²) in [6.07, 6.45) is 4.01. The summed E-state index contributed by atoms with van der Waals surface area (Å²) in [6.45, 7) is 6.87. The molecule has 4 rings (SSSR count). The van der Waals surface area contributed by atoms with Gasteiger partial charge in [-0.2, -0.15) is 0 Å². The molecular formula is C21H26Cl2N4O2. The fourth-order valence-electron chi connectivity index (χ4n) is 3.41. The maximum Gasteiger partial charge on any atom is 0.254 e. The first kappa shape index (κ1) is 23.0. The lowest BCUT2D eigenvalue weighted by molar-refractivity contribution is 0.0655. The first-order valence-corrected chi connectivity index (χ1v) is 9.29. The lowest BCUT2D eigenvalue weighted by Crippen LogP contribution is -2.52. The average Bonchev–Trinajstić information content (AvgIpc) is 3.08. The van der Waals surface area contributed by atoms with Crippen LogP contribution in [0.5, 0.6) is 5.75 Å². The van der Waals surface area contributed by atoms with Gasteiger partial charge in [0, 0.05) is 43.6 Å². The third-order valence-corrected chi connectivity index (χ3v) is 4.88. The number of amides is 1. The van der Waals surface area contributed by atoms with Crippen molar-refractivity contribution < 1.29 is 9.53 Å². The molecule has 0 radical (unpaired) electrons. The molecule has 156 valence electrons. The molecule has 0 bridgehead atoms. The zero-order valence-electron chi connectivity index (χ0n) is 16.5. The molecule has 1 aliphatic heterocycles. The maximum atomic E-state index is 12.8. The molecule has 1 aromatic carbocycles. The fraction of sp³-hybridized carbons (Fsp3) is 0.333. The number of hydrogen-bond acceptors (Lipinski definition) is 4. The zero-order valence-corrected chi connectivity index (χ0v) is 18.1. The summed E-state index contributed by atoms with van der Waals surface area (Å²) in [5.74, 6) is 0.731. The predicted octanol–water partition coefficient (Wildman–Crippen LogP) is 3.50. The van der Waals surface area contributed by atoms with Gasteiger partial charge in [0.2, 0.25) is 0 Å². The van der Waals surface area contributed by atoms with Crippen LogP contribution in [-0.2, 0) is 6.61 Å². The molecule has 1 fully saturated rings. The van der Waals surface area contributed by atoms with E-state index in [1.54, 1.807) is 0 Å². The Kier molecular flexibility index (Phi) is 7.90. The Morgan fingerprint density at radius 3 is 2.86 bits per heavy atom. The van der Waals surface area contributed by atoms with Gasteiger partial charge < -0.3 is 19.4 Å². The van der Waals surface area contributed by atoms with Crippen LogP contribution in [0.3, 0.4) is 0 Å². The zero-order chi connectivity index (χ0) is 18.8. The van der Waals surface area contributed by atoms with E-state index in [4.69, 9.17) is 4.74 Å². The number of rotatable bonds is 4. The van der Waals surface area contributed by atoms with Gasteiger partial charge in [-0.1, -0.05) is 12.1 Å². The normalized spacial score (nSPS) is 16.1. The summed E-state index contributed by atoms with van der Waals surface area (Å²) in [5, 5.41) is 3.31. The van der Waals surface area contributed by atoms with Crippen LogP contribution < -0.4 is 10.1 Å². The van der Waals surface area contributed by atoms with Gasteiger partial charge in [0.25, 0.3) is 5.91 Å². The van der Waals surface area contributed by atoms with E-state index in [0.717, 1.165) is 31.0 Å². The Morgan fingerprint density at radius 1 is 1.24 bits per heavy atom. The molecule has 29 heavy (non-hydrogen) atoms. The molecule has 3 aromatic rings. The average molecular weight is 437 g/mol. The van der Waals surface area contributed by atoms with E-state index >= 15 is 0 Å². The number of nitrogens with one attached hydrogen (secondary N) is 1. The lowest BCUT2D eigenvalue weighted by Gasteiger charge is -2.34. The molecule has 0 aliphatic carbocycles. The molecule has 0 unspecified atom stereocenters. The van der Waals surface area contributed by atoms with Crippen LogP contribution in [0.4, 0.5) is 0 Å². The number of pyridine rings is 1. The fourth-order valence-corrected chi connectivity index (χ4v) is 3.41. The molecule has 2 aromatic heterocycles. The van der Waals surface area contributed by atoms with Crippen molar-refractivity contribution in [1.82, 2.24) is 19.6 Å². The summed E-state index contributed by atoms with van der Waals surface area (Å²) in [6, 6.07) is 11.6. The van der Waals surface area contributed by atoms with E-state index in [1.807, 2.05) is 58.1 Å². The molecule has 8 heteroatoms. The van der Waals surface area contributed by atoms with Crippen molar-refractivity contribution in [2.75, 3.05) is 19.6 Å². The SMILES string of the molecule is Cc1ccc2nc(COc3cccc(C(=O)N4CCNC[C@H]4C)c3)cn2c1.Cl.Cl. The van der Waals surface area contributed by atoms with E-state index in [0.29, 0.717) is 17.9 Å². The van der Waals surface area contributed by atoms with Crippen molar-refractivity contribution in [1.29, 1.82) is 0 Å². The highest BCUT2D eigenvalue weighted by molar-refractivity contribution is 5.94. The third kappa shape index (κ3) is 5.21. The van der Waals surface area contributed by atoms with Crippen LogP contribution in [0, 0.1) is 6.92 Å². The Labute approximate surface area is 183 Å². The highest BCUT2D eigenvalue weighted by Crippen LogP contribution is 2.18. The van der Waals surface area contributed by atoms with E-state index < -0.39 is 0 Å². The number of aryl methyl sites for hydroxylation is 1. The van der Waals surface area contributed by atoms with E-state index in [1.165, 1.54) is 5.56 Å². The van der Waals surface area contributed by atoms with Crippen LogP contribution >= 0.6 is 24.8 Å². The Balaban J connectivity index is 0.00000150. The lowest BCUT2D eigenvalue weighted by atomic mass is 10.1. The van der Waals surface area contributed by atoms with Crippen LogP contribution in [0.15, 0.2) is 48.8 Å². The number of imidazole rings is 1. The predicted molar refractivity (Wildman–Crippen MR) is 119 cm³/mol. The van der Waals surface area contributed by atoms with Crippen LogP contribution in [-0.4, -0.2) is 45.9 Å². The summed E-state index contributed by atoms with van der Waals surface area (Å²) < 4.78 is 7.90. The molecular weight excluding hydrogens is 411 g/mol. The van der Waals surface area contributed by atoms with Crippen molar-refractivity contribution in [2.24, 2.45) is 0 Å². The highest BCUT2D eigenvalue weighted by atomic mass is 35.5. The molecule has 6 nitrogen and oxygen atoms in total. The molecule has 0 spiro atoms. The van der Waals surface area contributed by atoms with Gasteiger partial charge in [0.05, 0.1) is 5.69 Å². The van der Waals surface area contributed by atoms with Crippen molar-refractivity contribution >= 4 is 36.4 Å². The second-order valence-corrected chi connectivity index (χ2v) is 7.07. The molecule has 1 aliphatic rings. The molecule has 1 saturated heterocycles. The van der Waals surface area contributed by atoms with Gasteiger partial charge in [-0.15, -0.1) is 24.8 Å². The van der Waals surface area contributed by atoms with Gasteiger partial charge in [-0.05, 0) is 43.7 Å². The molecule has 1 amide bonds. The first-order chi connectivity index (χ1) is 13.1. The van der Waals surface area contributed by atoms with Crippen LogP contribution in [0.1, 0.15) is 28.5 Å². The van der Waals surface area contributed by atoms with Crippen molar-refractivity contribution in [3.8, 4) is 5.75 Å². The van der Waals surface area contributed by atoms with Crippen LogP contribution in [0.2, 0.25) is 0 Å². The largest absolute Gasteiger partial charge is 0.487 e. The number of carbonyl (C=O) groups is 1. The Bertz CT molecular complexity index is 976. The second-order valence-electron chi connectivity index (χ2n) is 7.07. The summed E-state index contributed by atoms with van der Waals surface area (Å²) in [5.41, 5.74) is 3.59. The smallest absolute Gasteiger partial charge is 0.254 e. The van der Waals surface area contributed by atoms with Gasteiger partial charge in [0.1, 0.15) is 18.0 Å². The van der Waals surface area contributed by atoms with Gasteiger partial charge in [-0.3, -0.25) is 4.79 Å². The number of carbonyl (C=O) groups excluding carboxylic acids is 1.